The van der Waals surface area contributed by atoms with Crippen LogP contribution in [0.15, 0.2) is 61.1 Å². The second-order valence-electron chi connectivity index (χ2n) is 9.99. The number of nitrogens with zero attached hydrogens (tertiary/aromatic N) is 5. The Morgan fingerprint density at radius 1 is 0.944 bits per heavy atom. The monoisotopic (exact) mass is 477 g/mol. The van der Waals surface area contributed by atoms with Gasteiger partial charge in [-0.05, 0) is 49.9 Å². The zero-order valence-corrected chi connectivity index (χ0v) is 21.0. The Kier molecular flexibility index (Phi) is 5.55. The number of anilines is 1. The first-order chi connectivity index (χ1) is 17.5. The van der Waals surface area contributed by atoms with E-state index in [-0.39, 0.29) is 5.41 Å². The van der Waals surface area contributed by atoms with Crippen LogP contribution < -0.4 is 4.90 Å². The van der Waals surface area contributed by atoms with E-state index in [1.807, 2.05) is 18.3 Å². The van der Waals surface area contributed by atoms with E-state index in [0.29, 0.717) is 0 Å². The fourth-order valence-corrected chi connectivity index (χ4v) is 5.25. The quantitative estimate of drug-likeness (QED) is 0.332. The summed E-state index contributed by atoms with van der Waals surface area (Å²) in [5, 5.41) is 1.06. The molecule has 0 atom stereocenters. The zero-order valence-electron chi connectivity index (χ0n) is 21.0. The summed E-state index contributed by atoms with van der Waals surface area (Å²) in [6.45, 7) is 8.37. The highest BCUT2D eigenvalue weighted by atomic mass is 15.2. The lowest BCUT2D eigenvalue weighted by atomic mass is 9.79. The van der Waals surface area contributed by atoms with Gasteiger partial charge in [-0.25, -0.2) is 15.0 Å². The van der Waals surface area contributed by atoms with E-state index in [0.717, 1.165) is 83.4 Å². The third kappa shape index (κ3) is 3.94. The summed E-state index contributed by atoms with van der Waals surface area (Å²) in [4.78, 5) is 28.2. The summed E-state index contributed by atoms with van der Waals surface area (Å²) in [5.41, 5.74) is 7.47. The smallest absolute Gasteiger partial charge is 0.143 e. The normalized spacial score (nSPS) is 15.5. The number of imidazole rings is 1. The third-order valence-corrected chi connectivity index (χ3v) is 7.58. The minimum Gasteiger partial charge on any atom is -0.356 e. The van der Waals surface area contributed by atoms with Crippen LogP contribution in [-0.2, 0) is 11.8 Å². The molecule has 7 nitrogen and oxygen atoms in total. The average Bonchev–Trinajstić information content (AvgIpc) is 3.54. The molecule has 0 radical (unpaired) electrons. The topological polar surface area (TPSA) is 86.4 Å². The van der Waals surface area contributed by atoms with Gasteiger partial charge in [0.05, 0.1) is 16.8 Å². The van der Waals surface area contributed by atoms with Gasteiger partial charge in [-0.2, -0.15) is 0 Å². The maximum atomic E-state index is 4.97. The predicted octanol–water partition coefficient (Wildman–Crippen LogP) is 5.84. The molecule has 1 aliphatic rings. The Labute approximate surface area is 211 Å². The average molecular weight is 478 g/mol. The minimum atomic E-state index is -0.00264. The van der Waals surface area contributed by atoms with Crippen molar-refractivity contribution in [1.82, 2.24) is 29.9 Å². The molecule has 7 heteroatoms. The van der Waals surface area contributed by atoms with Gasteiger partial charge >= 0.3 is 0 Å². The predicted molar refractivity (Wildman–Crippen MR) is 144 cm³/mol. The molecule has 2 N–H and O–H groups in total. The maximum absolute atomic E-state index is 4.97. The highest BCUT2D eigenvalue weighted by Gasteiger charge is 2.35. The molecular formula is C29H31N7. The van der Waals surface area contributed by atoms with Crippen LogP contribution in [0.2, 0.25) is 0 Å². The van der Waals surface area contributed by atoms with Crippen molar-refractivity contribution in [3.8, 4) is 22.5 Å². The maximum Gasteiger partial charge on any atom is 0.143 e. The lowest BCUT2D eigenvalue weighted by Gasteiger charge is -2.38. The molecule has 0 saturated carbocycles. The number of aromatic nitrogens is 6. The molecule has 5 aromatic rings. The second kappa shape index (κ2) is 8.90. The fraction of sp³-hybridized carbons (Fsp3) is 0.310. The first-order valence-corrected chi connectivity index (χ1v) is 12.7. The largest absolute Gasteiger partial charge is 0.356 e. The van der Waals surface area contributed by atoms with Crippen LogP contribution in [0, 0.1) is 6.92 Å². The van der Waals surface area contributed by atoms with Gasteiger partial charge in [0.15, 0.2) is 0 Å². The molecule has 1 aliphatic heterocycles. The SMILES string of the molecule is CCc1cc(-c2cc3c(N4CCC(C)(c5nc(C)c(-c6ccccc6)[nH]5)CC4)ncnc3[nH]2)ccn1. The highest BCUT2D eigenvalue weighted by molar-refractivity contribution is 5.92. The van der Waals surface area contributed by atoms with Crippen molar-refractivity contribution in [3.63, 3.8) is 0 Å². The van der Waals surface area contributed by atoms with Gasteiger partial charge in [-0.1, -0.05) is 44.2 Å². The molecule has 0 bridgehead atoms. The van der Waals surface area contributed by atoms with E-state index in [2.05, 4.69) is 82.0 Å². The molecule has 4 aromatic heterocycles. The van der Waals surface area contributed by atoms with Crippen LogP contribution in [0.3, 0.4) is 0 Å². The Bertz CT molecular complexity index is 1510. The van der Waals surface area contributed by atoms with E-state index in [1.54, 1.807) is 6.33 Å². The molecule has 0 spiro atoms. The number of piperidine rings is 1. The van der Waals surface area contributed by atoms with Gasteiger partial charge in [-0.15, -0.1) is 0 Å². The lowest BCUT2D eigenvalue weighted by Crippen LogP contribution is -2.42. The molecule has 0 aliphatic carbocycles. The van der Waals surface area contributed by atoms with E-state index in [9.17, 15) is 0 Å². The van der Waals surface area contributed by atoms with Gasteiger partial charge in [0, 0.05) is 41.7 Å². The Hall–Kier alpha value is -4.00. The van der Waals surface area contributed by atoms with Crippen LogP contribution >= 0.6 is 0 Å². The van der Waals surface area contributed by atoms with Crippen molar-refractivity contribution in [2.75, 3.05) is 18.0 Å². The van der Waals surface area contributed by atoms with Crippen molar-refractivity contribution in [2.24, 2.45) is 0 Å². The minimum absolute atomic E-state index is 0.00264. The van der Waals surface area contributed by atoms with Crippen molar-refractivity contribution >= 4 is 16.9 Å². The highest BCUT2D eigenvalue weighted by Crippen LogP contribution is 2.38. The van der Waals surface area contributed by atoms with Crippen molar-refractivity contribution in [1.29, 1.82) is 0 Å². The number of aromatic amines is 2. The molecule has 36 heavy (non-hydrogen) atoms. The van der Waals surface area contributed by atoms with Gasteiger partial charge < -0.3 is 14.9 Å². The number of aryl methyl sites for hydroxylation is 2. The summed E-state index contributed by atoms with van der Waals surface area (Å²) in [6.07, 6.45) is 6.45. The summed E-state index contributed by atoms with van der Waals surface area (Å²) in [5.74, 6) is 2.08. The summed E-state index contributed by atoms with van der Waals surface area (Å²) < 4.78 is 0. The summed E-state index contributed by atoms with van der Waals surface area (Å²) >= 11 is 0. The van der Waals surface area contributed by atoms with Crippen LogP contribution in [-0.4, -0.2) is 43.0 Å². The van der Waals surface area contributed by atoms with Crippen LogP contribution in [0.1, 0.15) is 43.9 Å². The van der Waals surface area contributed by atoms with E-state index in [4.69, 9.17) is 9.97 Å². The Balaban J connectivity index is 1.25. The molecule has 0 unspecified atom stereocenters. The third-order valence-electron chi connectivity index (χ3n) is 7.58. The number of nitrogens with one attached hydrogen (secondary N) is 2. The lowest BCUT2D eigenvalue weighted by molar-refractivity contribution is 0.345. The number of pyridine rings is 1. The number of H-pyrrole nitrogens is 2. The Morgan fingerprint density at radius 2 is 1.75 bits per heavy atom. The number of benzene rings is 1. The summed E-state index contributed by atoms with van der Waals surface area (Å²) in [6, 6.07) is 16.8. The molecule has 1 saturated heterocycles. The zero-order chi connectivity index (χ0) is 24.7. The molecule has 1 aromatic carbocycles. The van der Waals surface area contributed by atoms with Crippen molar-refractivity contribution in [2.45, 2.75) is 45.4 Å². The number of fused-ring (bicyclic) bond motifs is 1. The first-order valence-electron chi connectivity index (χ1n) is 12.7. The van der Waals surface area contributed by atoms with Gasteiger partial charge in [0.1, 0.15) is 23.6 Å². The first kappa shape index (κ1) is 22.5. The van der Waals surface area contributed by atoms with Gasteiger partial charge in [0.25, 0.3) is 0 Å². The van der Waals surface area contributed by atoms with Crippen LogP contribution in [0.5, 0.6) is 0 Å². The van der Waals surface area contributed by atoms with Crippen LogP contribution in [0.4, 0.5) is 5.82 Å². The molecule has 5 heterocycles. The van der Waals surface area contributed by atoms with Crippen molar-refractivity contribution in [3.05, 3.63) is 78.3 Å². The fourth-order valence-electron chi connectivity index (χ4n) is 5.25. The standard InChI is InChI=1S/C29H31N7/c1-4-22-16-21(10-13-30-22)24-17-23-26(34-24)31-18-32-27(23)36-14-11-29(3,12-15-36)28-33-19(2)25(35-28)20-8-6-5-7-9-20/h5-10,13,16-18H,4,11-12,14-15H2,1-3H3,(H,33,35)(H,31,32,34). The van der Waals surface area contributed by atoms with Gasteiger partial charge in [-0.3, -0.25) is 4.98 Å². The molecule has 182 valence electrons. The van der Waals surface area contributed by atoms with Crippen molar-refractivity contribution < 1.29 is 0 Å². The number of hydrogen-bond acceptors (Lipinski definition) is 5. The molecule has 1 fully saturated rings. The summed E-state index contributed by atoms with van der Waals surface area (Å²) in [7, 11) is 0. The van der Waals surface area contributed by atoms with Gasteiger partial charge in [0.2, 0.25) is 0 Å². The Morgan fingerprint density at radius 3 is 2.53 bits per heavy atom. The van der Waals surface area contributed by atoms with Crippen LogP contribution in [0.25, 0.3) is 33.5 Å². The number of hydrogen-bond donors (Lipinski definition) is 2. The molecule has 0 amide bonds. The second-order valence-corrected chi connectivity index (χ2v) is 9.99. The van der Waals surface area contributed by atoms with E-state index < -0.39 is 0 Å². The van der Waals surface area contributed by atoms with E-state index in [1.165, 1.54) is 5.56 Å². The number of rotatable bonds is 5. The molecule has 6 rings (SSSR count). The molecular weight excluding hydrogens is 446 g/mol. The van der Waals surface area contributed by atoms with E-state index >= 15 is 0 Å².